The molecule has 0 saturated carbocycles. The number of ether oxygens (including phenoxy) is 2. The highest BCUT2D eigenvalue weighted by atomic mass is 35.5. The first-order valence-corrected chi connectivity index (χ1v) is 8.65. The highest BCUT2D eigenvalue weighted by Gasteiger charge is 2.12. The van der Waals surface area contributed by atoms with Crippen LogP contribution in [0.1, 0.15) is 6.92 Å². The number of hydrogen-bond acceptors (Lipinski definition) is 8. The van der Waals surface area contributed by atoms with Crippen molar-refractivity contribution in [2.24, 2.45) is 0 Å². The van der Waals surface area contributed by atoms with E-state index >= 15 is 0 Å². The lowest BCUT2D eigenvalue weighted by atomic mass is 10.3. The van der Waals surface area contributed by atoms with E-state index in [1.165, 1.54) is 12.4 Å². The SMILES string of the molecule is COCC(C)Nc1ncnc(NNC(=O)COc2ccc(Cl)cc2Cl)c1N. The summed E-state index contributed by atoms with van der Waals surface area (Å²) in [6, 6.07) is 4.70. The van der Waals surface area contributed by atoms with Crippen molar-refractivity contribution >= 4 is 46.4 Å². The zero-order valence-corrected chi connectivity index (χ0v) is 16.3. The zero-order valence-electron chi connectivity index (χ0n) is 14.8. The second-order valence-corrected chi connectivity index (χ2v) is 6.37. The van der Waals surface area contributed by atoms with Crippen molar-refractivity contribution in [2.75, 3.05) is 36.8 Å². The van der Waals surface area contributed by atoms with Gasteiger partial charge < -0.3 is 20.5 Å². The minimum absolute atomic E-state index is 0.00725. The van der Waals surface area contributed by atoms with Crippen LogP contribution in [-0.4, -0.2) is 42.2 Å². The van der Waals surface area contributed by atoms with Crippen LogP contribution in [0.5, 0.6) is 5.75 Å². The predicted octanol–water partition coefficient (Wildman–Crippen LogP) is 2.33. The maximum Gasteiger partial charge on any atom is 0.276 e. The molecule has 146 valence electrons. The number of nitrogens with two attached hydrogens (primary N) is 1. The monoisotopic (exact) mass is 414 g/mol. The Morgan fingerprint density at radius 3 is 2.74 bits per heavy atom. The van der Waals surface area contributed by atoms with Gasteiger partial charge in [0.2, 0.25) is 0 Å². The lowest BCUT2D eigenvalue weighted by Crippen LogP contribution is -2.34. The van der Waals surface area contributed by atoms with Gasteiger partial charge in [0.15, 0.2) is 18.2 Å². The van der Waals surface area contributed by atoms with E-state index in [0.717, 1.165) is 0 Å². The average molecular weight is 415 g/mol. The summed E-state index contributed by atoms with van der Waals surface area (Å²) in [4.78, 5) is 20.0. The molecule has 0 bridgehead atoms. The fourth-order valence-electron chi connectivity index (χ4n) is 2.04. The molecule has 11 heteroatoms. The zero-order chi connectivity index (χ0) is 19.8. The fraction of sp³-hybridized carbons (Fsp3) is 0.312. The van der Waals surface area contributed by atoms with Crippen LogP contribution < -0.4 is 26.6 Å². The van der Waals surface area contributed by atoms with Crippen LogP contribution in [0.3, 0.4) is 0 Å². The van der Waals surface area contributed by atoms with Gasteiger partial charge in [-0.1, -0.05) is 23.2 Å². The van der Waals surface area contributed by atoms with Gasteiger partial charge in [-0.3, -0.25) is 15.6 Å². The quantitative estimate of drug-likeness (QED) is 0.460. The summed E-state index contributed by atoms with van der Waals surface area (Å²) in [6.07, 6.45) is 1.32. The third kappa shape index (κ3) is 6.31. The van der Waals surface area contributed by atoms with Crippen molar-refractivity contribution in [1.29, 1.82) is 0 Å². The molecule has 27 heavy (non-hydrogen) atoms. The fourth-order valence-corrected chi connectivity index (χ4v) is 2.50. The van der Waals surface area contributed by atoms with Gasteiger partial charge in [-0.05, 0) is 25.1 Å². The Morgan fingerprint density at radius 2 is 2.04 bits per heavy atom. The van der Waals surface area contributed by atoms with Gasteiger partial charge in [0, 0.05) is 18.2 Å². The number of nitrogens with zero attached hydrogens (tertiary/aromatic N) is 2. The maximum atomic E-state index is 11.9. The number of methoxy groups -OCH3 is 1. The molecular weight excluding hydrogens is 395 g/mol. The largest absolute Gasteiger partial charge is 0.482 e. The van der Waals surface area contributed by atoms with E-state index < -0.39 is 5.91 Å². The number of nitrogens with one attached hydrogen (secondary N) is 3. The maximum absolute atomic E-state index is 11.9. The first-order chi connectivity index (χ1) is 12.9. The third-order valence-corrected chi connectivity index (χ3v) is 3.79. The van der Waals surface area contributed by atoms with E-state index in [2.05, 4.69) is 26.1 Å². The smallest absolute Gasteiger partial charge is 0.276 e. The molecule has 9 nitrogen and oxygen atoms in total. The Labute approximate surface area is 166 Å². The summed E-state index contributed by atoms with van der Waals surface area (Å²) < 4.78 is 10.4. The Morgan fingerprint density at radius 1 is 1.30 bits per heavy atom. The number of halogens is 2. The van der Waals surface area contributed by atoms with E-state index in [1.54, 1.807) is 19.2 Å². The molecule has 0 aliphatic heterocycles. The molecule has 1 amide bonds. The number of carbonyl (C=O) groups is 1. The van der Waals surface area contributed by atoms with Crippen molar-refractivity contribution < 1.29 is 14.3 Å². The molecule has 0 aliphatic rings. The molecule has 0 fully saturated rings. The van der Waals surface area contributed by atoms with Crippen LogP contribution in [0.4, 0.5) is 17.3 Å². The molecular formula is C16H20Cl2N6O3. The highest BCUT2D eigenvalue weighted by Crippen LogP contribution is 2.27. The molecule has 1 atom stereocenters. The summed E-state index contributed by atoms with van der Waals surface area (Å²) in [5.74, 6) is 0.558. The van der Waals surface area contributed by atoms with Gasteiger partial charge in [0.25, 0.3) is 5.91 Å². The van der Waals surface area contributed by atoms with Gasteiger partial charge in [0.1, 0.15) is 17.8 Å². The van der Waals surface area contributed by atoms with Crippen LogP contribution in [0.15, 0.2) is 24.5 Å². The minimum atomic E-state index is -0.457. The van der Waals surface area contributed by atoms with Crippen LogP contribution in [0.25, 0.3) is 0 Å². The molecule has 2 aromatic rings. The molecule has 0 aliphatic carbocycles. The van der Waals surface area contributed by atoms with Gasteiger partial charge in [0.05, 0.1) is 11.6 Å². The Balaban J connectivity index is 1.89. The van der Waals surface area contributed by atoms with Crippen molar-refractivity contribution in [1.82, 2.24) is 15.4 Å². The predicted molar refractivity (Wildman–Crippen MR) is 105 cm³/mol. The number of carbonyl (C=O) groups excluding carboxylic acids is 1. The Hall–Kier alpha value is -2.49. The number of amides is 1. The van der Waals surface area contributed by atoms with Gasteiger partial charge in [-0.2, -0.15) is 0 Å². The number of hydrogen-bond donors (Lipinski definition) is 4. The Kier molecular flexibility index (Phi) is 7.71. The van der Waals surface area contributed by atoms with Crippen LogP contribution in [-0.2, 0) is 9.53 Å². The molecule has 2 rings (SSSR count). The molecule has 0 radical (unpaired) electrons. The number of nitrogen functional groups attached to an aromatic ring is 1. The second kappa shape index (κ2) is 10.0. The van der Waals surface area contributed by atoms with E-state index in [4.69, 9.17) is 38.4 Å². The Bertz CT molecular complexity index is 793. The first-order valence-electron chi connectivity index (χ1n) is 7.89. The second-order valence-electron chi connectivity index (χ2n) is 5.52. The lowest BCUT2D eigenvalue weighted by Gasteiger charge is -2.16. The summed E-state index contributed by atoms with van der Waals surface area (Å²) in [5, 5.41) is 3.88. The van der Waals surface area contributed by atoms with E-state index in [9.17, 15) is 4.79 Å². The van der Waals surface area contributed by atoms with Crippen molar-refractivity contribution in [3.63, 3.8) is 0 Å². The topological polar surface area (TPSA) is 123 Å². The molecule has 0 saturated heterocycles. The molecule has 1 aromatic carbocycles. The van der Waals surface area contributed by atoms with Crippen molar-refractivity contribution in [3.8, 4) is 5.75 Å². The molecule has 1 unspecified atom stereocenters. The van der Waals surface area contributed by atoms with Gasteiger partial charge >= 0.3 is 0 Å². The van der Waals surface area contributed by atoms with Crippen LogP contribution in [0, 0.1) is 0 Å². The number of hydrazine groups is 1. The minimum Gasteiger partial charge on any atom is -0.482 e. The van der Waals surface area contributed by atoms with Crippen molar-refractivity contribution in [3.05, 3.63) is 34.6 Å². The average Bonchev–Trinajstić information content (AvgIpc) is 2.62. The summed E-state index contributed by atoms with van der Waals surface area (Å²) >= 11 is 11.8. The van der Waals surface area contributed by atoms with E-state index in [-0.39, 0.29) is 24.2 Å². The van der Waals surface area contributed by atoms with Gasteiger partial charge in [-0.25, -0.2) is 9.97 Å². The lowest BCUT2D eigenvalue weighted by molar-refractivity contribution is -0.122. The van der Waals surface area contributed by atoms with Gasteiger partial charge in [-0.15, -0.1) is 0 Å². The first kappa shape index (κ1) is 20.8. The van der Waals surface area contributed by atoms with E-state index in [0.29, 0.717) is 28.2 Å². The summed E-state index contributed by atoms with van der Waals surface area (Å²) in [6.45, 7) is 2.13. The molecule has 0 spiro atoms. The number of rotatable bonds is 9. The number of anilines is 3. The highest BCUT2D eigenvalue weighted by molar-refractivity contribution is 6.35. The molecule has 1 heterocycles. The van der Waals surface area contributed by atoms with Crippen molar-refractivity contribution in [2.45, 2.75) is 13.0 Å². The van der Waals surface area contributed by atoms with Crippen LogP contribution in [0.2, 0.25) is 10.0 Å². The number of benzene rings is 1. The van der Waals surface area contributed by atoms with Crippen LogP contribution >= 0.6 is 23.2 Å². The summed E-state index contributed by atoms with van der Waals surface area (Å²) in [5.41, 5.74) is 11.3. The summed E-state index contributed by atoms with van der Waals surface area (Å²) in [7, 11) is 1.60. The normalized spacial score (nSPS) is 11.6. The standard InChI is InChI=1S/C16H20Cl2N6O3/c1-9(6-26-2)22-15-14(19)16(21-8-20-15)24-23-13(25)7-27-12-4-3-10(17)5-11(12)18/h3-5,8-9H,6-7,19H2,1-2H3,(H,23,25)(H2,20,21,22,24). The third-order valence-electron chi connectivity index (χ3n) is 3.26. The van der Waals surface area contributed by atoms with E-state index in [1.807, 2.05) is 6.92 Å². The number of aromatic nitrogens is 2. The molecule has 1 aromatic heterocycles. The molecule has 5 N–H and O–H groups in total.